The van der Waals surface area contributed by atoms with Crippen LogP contribution >= 0.6 is 0 Å². The lowest BCUT2D eigenvalue weighted by atomic mass is 9.96. The second kappa shape index (κ2) is 6.46. The van der Waals surface area contributed by atoms with E-state index in [-0.39, 0.29) is 12.1 Å². The number of nitrogen functional groups attached to an aromatic ring is 1. The molecule has 0 aromatic heterocycles. The quantitative estimate of drug-likeness (QED) is 0.745. The van der Waals surface area contributed by atoms with Gasteiger partial charge in [-0.05, 0) is 55.4 Å². The number of aliphatic hydroxyl groups excluding tert-OH is 1. The molecule has 2 aliphatic rings. The lowest BCUT2D eigenvalue weighted by molar-refractivity contribution is 0.170. The minimum absolute atomic E-state index is 0.179. The van der Waals surface area contributed by atoms with E-state index in [1.54, 1.807) is 0 Å². The molecule has 3 heteroatoms. The van der Waals surface area contributed by atoms with Gasteiger partial charge in [-0.2, -0.15) is 0 Å². The number of benzene rings is 1. The van der Waals surface area contributed by atoms with E-state index in [2.05, 4.69) is 35.7 Å². The van der Waals surface area contributed by atoms with Gasteiger partial charge in [-0.3, -0.25) is 0 Å². The molecule has 1 heterocycles. The normalized spacial score (nSPS) is 26.6. The molecule has 1 fully saturated rings. The Labute approximate surface area is 126 Å². The van der Waals surface area contributed by atoms with Crippen LogP contribution in [-0.2, 0) is 6.42 Å². The van der Waals surface area contributed by atoms with Gasteiger partial charge in [-0.1, -0.05) is 30.4 Å². The molecule has 1 aromatic carbocycles. The molecule has 112 valence electrons. The molecular weight excluding hydrogens is 260 g/mol. The second-order valence-corrected chi connectivity index (χ2v) is 6.12. The largest absolute Gasteiger partial charge is 0.399 e. The smallest absolute Gasteiger partial charge is 0.0939 e. The first-order chi connectivity index (χ1) is 10.2. The maximum Gasteiger partial charge on any atom is 0.0939 e. The first-order valence-electron chi connectivity index (χ1n) is 7.87. The van der Waals surface area contributed by atoms with Gasteiger partial charge in [0.2, 0.25) is 0 Å². The standard InChI is InChI=1S/C18H24N2O/c19-15-8-6-13(7-9-15)12-16-10-11-17(20-16)18(21)14-4-2-1-3-5-14/h2,4-9,16-18,20-21H,1,3,10-12,19H2. The monoisotopic (exact) mass is 284 g/mol. The van der Waals surface area contributed by atoms with Gasteiger partial charge in [-0.25, -0.2) is 0 Å². The minimum Gasteiger partial charge on any atom is -0.399 e. The van der Waals surface area contributed by atoms with Crippen LogP contribution in [0.25, 0.3) is 0 Å². The summed E-state index contributed by atoms with van der Waals surface area (Å²) in [6.45, 7) is 0. The maximum atomic E-state index is 10.5. The third-order valence-corrected chi connectivity index (χ3v) is 4.48. The molecule has 3 atom stereocenters. The van der Waals surface area contributed by atoms with Crippen LogP contribution in [0.1, 0.15) is 31.2 Å². The van der Waals surface area contributed by atoms with Crippen molar-refractivity contribution >= 4 is 5.69 Å². The molecular formula is C18H24N2O. The van der Waals surface area contributed by atoms with E-state index in [0.29, 0.717) is 6.04 Å². The molecule has 1 aliphatic carbocycles. The highest BCUT2D eigenvalue weighted by atomic mass is 16.3. The number of rotatable bonds is 4. The lowest BCUT2D eigenvalue weighted by Gasteiger charge is -2.22. The average molecular weight is 284 g/mol. The Morgan fingerprint density at radius 3 is 2.71 bits per heavy atom. The summed E-state index contributed by atoms with van der Waals surface area (Å²) >= 11 is 0. The van der Waals surface area contributed by atoms with E-state index in [1.807, 2.05) is 12.1 Å². The Morgan fingerprint density at radius 2 is 2.00 bits per heavy atom. The molecule has 0 amide bonds. The van der Waals surface area contributed by atoms with Crippen molar-refractivity contribution < 1.29 is 5.11 Å². The van der Waals surface area contributed by atoms with Gasteiger partial charge >= 0.3 is 0 Å². The van der Waals surface area contributed by atoms with Crippen molar-refractivity contribution in [2.24, 2.45) is 0 Å². The molecule has 0 spiro atoms. The number of anilines is 1. The van der Waals surface area contributed by atoms with Crippen molar-refractivity contribution in [3.05, 3.63) is 53.6 Å². The van der Waals surface area contributed by atoms with Crippen LogP contribution in [0, 0.1) is 0 Å². The molecule has 3 rings (SSSR count). The number of nitrogens with one attached hydrogen (secondary N) is 1. The first kappa shape index (κ1) is 14.4. The fourth-order valence-corrected chi connectivity index (χ4v) is 3.28. The van der Waals surface area contributed by atoms with Gasteiger partial charge in [0.05, 0.1) is 6.10 Å². The number of hydrogen-bond acceptors (Lipinski definition) is 3. The number of hydrogen-bond donors (Lipinski definition) is 3. The van der Waals surface area contributed by atoms with E-state index < -0.39 is 0 Å². The van der Waals surface area contributed by atoms with Gasteiger partial charge in [0.1, 0.15) is 0 Å². The fraction of sp³-hybridized carbons (Fsp3) is 0.444. The zero-order valence-electron chi connectivity index (χ0n) is 12.3. The predicted octanol–water partition coefficient (Wildman–Crippen LogP) is 2.57. The SMILES string of the molecule is Nc1ccc(CC2CCC(C(O)C3=CCCC=C3)N2)cc1. The van der Waals surface area contributed by atoms with E-state index in [1.165, 1.54) is 5.56 Å². The van der Waals surface area contributed by atoms with Crippen molar-refractivity contribution in [1.29, 1.82) is 0 Å². The Hall–Kier alpha value is -1.58. The summed E-state index contributed by atoms with van der Waals surface area (Å²) < 4.78 is 0. The van der Waals surface area contributed by atoms with Gasteiger partial charge < -0.3 is 16.2 Å². The summed E-state index contributed by atoms with van der Waals surface area (Å²) in [6, 6.07) is 8.71. The number of nitrogens with two attached hydrogens (primary N) is 1. The van der Waals surface area contributed by atoms with Crippen LogP contribution in [-0.4, -0.2) is 23.3 Å². The summed E-state index contributed by atoms with van der Waals surface area (Å²) in [6.07, 6.45) is 11.3. The van der Waals surface area contributed by atoms with E-state index in [4.69, 9.17) is 5.73 Å². The third-order valence-electron chi connectivity index (χ3n) is 4.48. The van der Waals surface area contributed by atoms with Crippen LogP contribution in [0.5, 0.6) is 0 Å². The van der Waals surface area contributed by atoms with Gasteiger partial charge in [0, 0.05) is 17.8 Å². The Balaban J connectivity index is 1.56. The van der Waals surface area contributed by atoms with E-state index >= 15 is 0 Å². The molecule has 1 aromatic rings. The highest BCUT2D eigenvalue weighted by molar-refractivity contribution is 5.39. The summed E-state index contributed by atoms with van der Waals surface area (Å²) in [7, 11) is 0. The highest BCUT2D eigenvalue weighted by Gasteiger charge is 2.30. The molecule has 0 bridgehead atoms. The lowest BCUT2D eigenvalue weighted by Crippen LogP contribution is -2.40. The molecule has 4 N–H and O–H groups in total. The van der Waals surface area contributed by atoms with Crippen molar-refractivity contribution in [2.45, 2.75) is 50.3 Å². The second-order valence-electron chi connectivity index (χ2n) is 6.12. The topological polar surface area (TPSA) is 58.3 Å². The third kappa shape index (κ3) is 3.55. The van der Waals surface area contributed by atoms with Crippen LogP contribution in [0.3, 0.4) is 0 Å². The molecule has 0 saturated carbocycles. The Morgan fingerprint density at radius 1 is 1.19 bits per heavy atom. The summed E-state index contributed by atoms with van der Waals surface area (Å²) in [5, 5.41) is 14.1. The zero-order chi connectivity index (χ0) is 14.7. The molecule has 3 nitrogen and oxygen atoms in total. The summed E-state index contributed by atoms with van der Waals surface area (Å²) in [4.78, 5) is 0. The average Bonchev–Trinajstić information content (AvgIpc) is 2.98. The van der Waals surface area contributed by atoms with Crippen LogP contribution in [0.4, 0.5) is 5.69 Å². The molecule has 0 radical (unpaired) electrons. The molecule has 1 aliphatic heterocycles. The zero-order valence-corrected chi connectivity index (χ0v) is 12.3. The fourth-order valence-electron chi connectivity index (χ4n) is 3.28. The molecule has 1 saturated heterocycles. The minimum atomic E-state index is -0.377. The van der Waals surface area contributed by atoms with Crippen molar-refractivity contribution in [3.8, 4) is 0 Å². The summed E-state index contributed by atoms with van der Waals surface area (Å²) in [5.41, 5.74) is 8.90. The molecule has 3 unspecified atom stereocenters. The Kier molecular flexibility index (Phi) is 4.42. The van der Waals surface area contributed by atoms with Gasteiger partial charge in [0.15, 0.2) is 0 Å². The van der Waals surface area contributed by atoms with Gasteiger partial charge in [0.25, 0.3) is 0 Å². The van der Waals surface area contributed by atoms with Crippen molar-refractivity contribution in [2.75, 3.05) is 5.73 Å². The van der Waals surface area contributed by atoms with Crippen LogP contribution < -0.4 is 11.1 Å². The highest BCUT2D eigenvalue weighted by Crippen LogP contribution is 2.24. The number of aliphatic hydroxyl groups is 1. The van der Waals surface area contributed by atoms with Crippen molar-refractivity contribution in [3.63, 3.8) is 0 Å². The first-order valence-corrected chi connectivity index (χ1v) is 7.87. The van der Waals surface area contributed by atoms with E-state index in [9.17, 15) is 5.11 Å². The maximum absolute atomic E-state index is 10.5. The van der Waals surface area contributed by atoms with Gasteiger partial charge in [-0.15, -0.1) is 0 Å². The van der Waals surface area contributed by atoms with Crippen LogP contribution in [0.2, 0.25) is 0 Å². The van der Waals surface area contributed by atoms with Crippen LogP contribution in [0.15, 0.2) is 48.1 Å². The van der Waals surface area contributed by atoms with Crippen molar-refractivity contribution in [1.82, 2.24) is 5.32 Å². The molecule has 21 heavy (non-hydrogen) atoms. The summed E-state index contributed by atoms with van der Waals surface area (Å²) in [5.74, 6) is 0. The predicted molar refractivity (Wildman–Crippen MR) is 87.0 cm³/mol. The number of allylic oxidation sites excluding steroid dienone is 2. The van der Waals surface area contributed by atoms with E-state index in [0.717, 1.165) is 43.4 Å². The Bertz CT molecular complexity index is 533.